The Balaban J connectivity index is 2.14. The zero-order chi connectivity index (χ0) is 14.6. The molecule has 0 aromatic rings. The second kappa shape index (κ2) is 6.93. The minimum absolute atomic E-state index is 0.0972. The number of nitrogens with zero attached hydrogens (tertiary/aromatic N) is 1. The number of rotatable bonds is 6. The molecule has 0 aromatic heterocycles. The van der Waals surface area contributed by atoms with Crippen molar-refractivity contribution >= 4 is 5.91 Å². The molecule has 0 heterocycles. The van der Waals surface area contributed by atoms with Gasteiger partial charge >= 0.3 is 0 Å². The van der Waals surface area contributed by atoms with Crippen LogP contribution in [0, 0.1) is 11.3 Å². The van der Waals surface area contributed by atoms with E-state index in [9.17, 15) is 9.90 Å². The Morgan fingerprint density at radius 3 is 2.30 bits per heavy atom. The van der Waals surface area contributed by atoms with Crippen molar-refractivity contribution in [1.29, 1.82) is 0 Å². The van der Waals surface area contributed by atoms with E-state index in [-0.39, 0.29) is 12.0 Å². The van der Waals surface area contributed by atoms with Gasteiger partial charge in [0.2, 0.25) is 5.91 Å². The summed E-state index contributed by atoms with van der Waals surface area (Å²) in [7, 11) is 0. The average Bonchev–Trinajstić information content (AvgIpc) is 3.06. The van der Waals surface area contributed by atoms with Crippen molar-refractivity contribution in [2.75, 3.05) is 13.2 Å². The van der Waals surface area contributed by atoms with Crippen LogP contribution >= 0.6 is 0 Å². The molecule has 0 bridgehead atoms. The van der Waals surface area contributed by atoms with E-state index in [0.29, 0.717) is 24.4 Å². The van der Waals surface area contributed by atoms with Gasteiger partial charge in [-0.05, 0) is 38.0 Å². The first-order valence-corrected chi connectivity index (χ1v) is 8.51. The first kappa shape index (κ1) is 15.8. The molecule has 0 aromatic carbocycles. The smallest absolute Gasteiger partial charge is 0.229 e. The second-order valence-corrected chi connectivity index (χ2v) is 7.25. The summed E-state index contributed by atoms with van der Waals surface area (Å²) < 4.78 is 0. The molecule has 1 amide bonds. The minimum atomic E-state index is -0.119. The Morgan fingerprint density at radius 2 is 1.80 bits per heavy atom. The van der Waals surface area contributed by atoms with Gasteiger partial charge in [-0.3, -0.25) is 4.79 Å². The summed E-state index contributed by atoms with van der Waals surface area (Å²) in [5.41, 5.74) is -0.119. The van der Waals surface area contributed by atoms with Crippen LogP contribution in [0.3, 0.4) is 0 Å². The predicted octanol–water partition coefficient (Wildman–Crippen LogP) is 3.36. The Labute approximate surface area is 123 Å². The number of aliphatic hydroxyl groups excluding tert-OH is 1. The molecule has 3 nitrogen and oxygen atoms in total. The summed E-state index contributed by atoms with van der Waals surface area (Å²) >= 11 is 0. The molecule has 1 N–H and O–H groups in total. The molecule has 0 spiro atoms. The summed E-state index contributed by atoms with van der Waals surface area (Å²) in [4.78, 5) is 15.2. The van der Waals surface area contributed by atoms with Gasteiger partial charge in [-0.1, -0.05) is 39.5 Å². The molecule has 0 radical (unpaired) electrons. The third-order valence-electron chi connectivity index (χ3n) is 5.18. The van der Waals surface area contributed by atoms with Gasteiger partial charge in [0.15, 0.2) is 0 Å². The molecule has 2 rings (SSSR count). The molecule has 0 unspecified atom stereocenters. The molecule has 0 saturated heterocycles. The lowest BCUT2D eigenvalue weighted by Gasteiger charge is -2.38. The van der Waals surface area contributed by atoms with Crippen LogP contribution in [0.2, 0.25) is 0 Å². The molecule has 20 heavy (non-hydrogen) atoms. The van der Waals surface area contributed by atoms with E-state index in [0.717, 1.165) is 32.1 Å². The molecule has 2 fully saturated rings. The van der Waals surface area contributed by atoms with Gasteiger partial charge in [-0.2, -0.15) is 0 Å². The normalized spacial score (nSPS) is 22.6. The first-order valence-electron chi connectivity index (χ1n) is 8.51. The number of aliphatic hydroxyl groups is 1. The van der Waals surface area contributed by atoms with E-state index in [1.54, 1.807) is 0 Å². The van der Waals surface area contributed by atoms with Crippen molar-refractivity contribution in [3.8, 4) is 0 Å². The molecule has 116 valence electrons. The zero-order valence-electron chi connectivity index (χ0n) is 13.2. The van der Waals surface area contributed by atoms with Crippen molar-refractivity contribution < 1.29 is 9.90 Å². The Kier molecular flexibility index (Phi) is 5.48. The number of hydrogen-bond acceptors (Lipinski definition) is 2. The largest absolute Gasteiger partial charge is 0.395 e. The van der Waals surface area contributed by atoms with Crippen molar-refractivity contribution in [3.63, 3.8) is 0 Å². The number of hydrogen-bond donors (Lipinski definition) is 1. The fourth-order valence-corrected chi connectivity index (χ4v) is 4.42. The van der Waals surface area contributed by atoms with Gasteiger partial charge < -0.3 is 10.0 Å². The van der Waals surface area contributed by atoms with Crippen molar-refractivity contribution in [3.05, 3.63) is 0 Å². The van der Waals surface area contributed by atoms with Gasteiger partial charge in [0.05, 0.1) is 6.61 Å². The molecule has 0 atom stereocenters. The van der Waals surface area contributed by atoms with Gasteiger partial charge in [0.25, 0.3) is 0 Å². The van der Waals surface area contributed by atoms with Gasteiger partial charge in [-0.25, -0.2) is 0 Å². The third-order valence-corrected chi connectivity index (χ3v) is 5.18. The number of carbonyl (C=O) groups is 1. The highest BCUT2D eigenvalue weighted by atomic mass is 16.3. The van der Waals surface area contributed by atoms with Crippen LogP contribution in [0.15, 0.2) is 0 Å². The van der Waals surface area contributed by atoms with Gasteiger partial charge in [0.1, 0.15) is 0 Å². The van der Waals surface area contributed by atoms with E-state index in [1.165, 1.54) is 25.7 Å². The maximum atomic E-state index is 13.2. The Bertz CT molecular complexity index is 315. The lowest BCUT2D eigenvalue weighted by atomic mass is 9.77. The van der Waals surface area contributed by atoms with E-state index in [4.69, 9.17) is 0 Å². The quantitative estimate of drug-likeness (QED) is 0.811. The van der Waals surface area contributed by atoms with Crippen LogP contribution < -0.4 is 0 Å². The van der Waals surface area contributed by atoms with E-state index in [2.05, 4.69) is 13.8 Å². The van der Waals surface area contributed by atoms with E-state index >= 15 is 0 Å². The molecular weight excluding hydrogens is 250 g/mol. The fraction of sp³-hybridized carbons (Fsp3) is 0.941. The molecule has 2 aliphatic carbocycles. The lowest BCUT2D eigenvalue weighted by molar-refractivity contribution is -0.146. The third kappa shape index (κ3) is 3.36. The van der Waals surface area contributed by atoms with Crippen molar-refractivity contribution in [2.24, 2.45) is 11.3 Å². The molecule has 2 aliphatic rings. The summed E-state index contributed by atoms with van der Waals surface area (Å²) in [6, 6.07) is 0.388. The van der Waals surface area contributed by atoms with Crippen LogP contribution in [0.5, 0.6) is 0 Å². The zero-order valence-corrected chi connectivity index (χ0v) is 13.2. The highest BCUT2D eigenvalue weighted by Crippen LogP contribution is 2.45. The fourth-order valence-electron chi connectivity index (χ4n) is 4.42. The molecule has 0 aliphatic heterocycles. The Morgan fingerprint density at radius 1 is 1.20 bits per heavy atom. The standard InChI is InChI=1S/C17H31NO2/c1-14(2)13-17(9-5-6-10-17)16(20)18(11-12-19)15-7-3-4-8-15/h14-15,19H,3-13H2,1-2H3. The summed E-state index contributed by atoms with van der Waals surface area (Å²) in [5, 5.41) is 9.36. The number of amides is 1. The Hall–Kier alpha value is -0.570. The highest BCUT2D eigenvalue weighted by Gasteiger charge is 2.45. The maximum Gasteiger partial charge on any atom is 0.229 e. The van der Waals surface area contributed by atoms with Crippen LogP contribution in [-0.4, -0.2) is 35.1 Å². The monoisotopic (exact) mass is 281 g/mol. The van der Waals surface area contributed by atoms with Crippen LogP contribution in [0.25, 0.3) is 0 Å². The van der Waals surface area contributed by atoms with Gasteiger partial charge in [-0.15, -0.1) is 0 Å². The topological polar surface area (TPSA) is 40.5 Å². The summed E-state index contributed by atoms with van der Waals surface area (Å²) in [6.45, 7) is 5.07. The second-order valence-electron chi connectivity index (χ2n) is 7.25. The van der Waals surface area contributed by atoms with Crippen LogP contribution in [-0.2, 0) is 4.79 Å². The average molecular weight is 281 g/mol. The molecule has 2 saturated carbocycles. The van der Waals surface area contributed by atoms with Crippen LogP contribution in [0.1, 0.15) is 71.6 Å². The van der Waals surface area contributed by atoms with Crippen molar-refractivity contribution in [2.45, 2.75) is 77.7 Å². The first-order chi connectivity index (χ1) is 9.59. The summed E-state index contributed by atoms with van der Waals surface area (Å²) in [5.74, 6) is 0.918. The van der Waals surface area contributed by atoms with Gasteiger partial charge in [0, 0.05) is 18.0 Å². The van der Waals surface area contributed by atoms with Crippen molar-refractivity contribution in [1.82, 2.24) is 4.90 Å². The SMILES string of the molecule is CC(C)CC1(C(=O)N(CCO)C2CCCC2)CCCC1. The minimum Gasteiger partial charge on any atom is -0.395 e. The lowest BCUT2D eigenvalue weighted by Crippen LogP contribution is -2.48. The van der Waals surface area contributed by atoms with E-state index < -0.39 is 0 Å². The summed E-state index contributed by atoms with van der Waals surface area (Å²) in [6.07, 6.45) is 10.2. The molecule has 3 heteroatoms. The number of carbonyl (C=O) groups excluding carboxylic acids is 1. The van der Waals surface area contributed by atoms with E-state index in [1.807, 2.05) is 4.90 Å². The predicted molar refractivity (Wildman–Crippen MR) is 81.4 cm³/mol. The molecular formula is C17H31NO2. The maximum absolute atomic E-state index is 13.2. The highest BCUT2D eigenvalue weighted by molar-refractivity contribution is 5.83. The van der Waals surface area contributed by atoms with Crippen LogP contribution in [0.4, 0.5) is 0 Å².